The van der Waals surface area contributed by atoms with Crippen LogP contribution in [0.5, 0.6) is 0 Å². The zero-order valence-electron chi connectivity index (χ0n) is 20.8. The van der Waals surface area contributed by atoms with E-state index in [-0.39, 0.29) is 12.2 Å². The highest BCUT2D eigenvalue weighted by molar-refractivity contribution is 7.07. The first-order valence-electron chi connectivity index (χ1n) is 12.2. The Kier molecular flexibility index (Phi) is 6.46. The Bertz CT molecular complexity index is 1670. The van der Waals surface area contributed by atoms with E-state index in [2.05, 4.69) is 49.2 Å². The monoisotopic (exact) mass is 496 g/mol. The van der Waals surface area contributed by atoms with Gasteiger partial charge in [0.15, 0.2) is 4.80 Å². The molecule has 6 heteroatoms. The number of hydrogen-bond acceptors (Lipinski definition) is 5. The van der Waals surface area contributed by atoms with Crippen LogP contribution in [0.1, 0.15) is 56.3 Å². The van der Waals surface area contributed by atoms with Crippen LogP contribution in [-0.4, -0.2) is 17.1 Å². The minimum atomic E-state index is -0.601. The Morgan fingerprint density at radius 1 is 1.08 bits per heavy atom. The van der Waals surface area contributed by atoms with Crippen molar-refractivity contribution in [3.63, 3.8) is 0 Å². The second kappa shape index (κ2) is 9.70. The van der Waals surface area contributed by atoms with Crippen molar-refractivity contribution < 1.29 is 9.53 Å². The molecule has 0 fully saturated rings. The van der Waals surface area contributed by atoms with Crippen LogP contribution in [0, 0.1) is 0 Å². The maximum Gasteiger partial charge on any atom is 0.338 e. The van der Waals surface area contributed by atoms with Crippen LogP contribution in [0.15, 0.2) is 87.8 Å². The van der Waals surface area contributed by atoms with E-state index in [9.17, 15) is 9.59 Å². The first kappa shape index (κ1) is 23.9. The van der Waals surface area contributed by atoms with Gasteiger partial charge in [-0.3, -0.25) is 9.36 Å². The van der Waals surface area contributed by atoms with Crippen molar-refractivity contribution in [1.82, 2.24) is 4.57 Å². The predicted octanol–water partition coefficient (Wildman–Crippen LogP) is 5.07. The highest BCUT2D eigenvalue weighted by Crippen LogP contribution is 2.31. The zero-order valence-corrected chi connectivity index (χ0v) is 21.6. The summed E-state index contributed by atoms with van der Waals surface area (Å²) in [6.07, 6.45) is 1.93. The molecule has 5 nitrogen and oxygen atoms in total. The van der Waals surface area contributed by atoms with Crippen molar-refractivity contribution in [2.45, 2.75) is 39.7 Å². The summed E-state index contributed by atoms with van der Waals surface area (Å²) < 4.78 is 7.61. The second-order valence-electron chi connectivity index (χ2n) is 9.19. The lowest BCUT2D eigenvalue weighted by atomic mass is 9.93. The average Bonchev–Trinajstić information content (AvgIpc) is 3.17. The molecule has 0 saturated heterocycles. The van der Waals surface area contributed by atoms with Crippen LogP contribution < -0.4 is 14.9 Å². The Hall–Kier alpha value is -3.77. The van der Waals surface area contributed by atoms with Gasteiger partial charge in [-0.15, -0.1) is 0 Å². The molecule has 0 amide bonds. The van der Waals surface area contributed by atoms with Crippen LogP contribution in [0.2, 0.25) is 0 Å². The number of benzene rings is 3. The van der Waals surface area contributed by atoms with E-state index in [1.807, 2.05) is 49.4 Å². The SMILES string of the molecule is CCOC(=O)C1=C(C)N=c2s/c(=C\c3cccc4ccccc34)c(=O)n2[C@H]1c1ccc(C(C)C)cc1. The van der Waals surface area contributed by atoms with Crippen LogP contribution in [0.3, 0.4) is 0 Å². The maximum absolute atomic E-state index is 13.9. The molecule has 1 aliphatic heterocycles. The highest BCUT2D eigenvalue weighted by atomic mass is 32.1. The standard InChI is InChI=1S/C30H28N2O3S/c1-5-35-29(34)26-19(4)31-30-32(27(26)22-15-13-20(14-16-22)18(2)3)28(33)25(36-30)17-23-11-8-10-21-9-6-7-12-24(21)23/h6-18,27H,5H2,1-4H3/b25-17-/t27-/m0/s1. The number of ether oxygens (including phenoxy) is 1. The molecule has 0 saturated carbocycles. The van der Waals surface area contributed by atoms with Gasteiger partial charge in [0.2, 0.25) is 0 Å². The molecule has 3 aromatic carbocycles. The van der Waals surface area contributed by atoms with Crippen molar-refractivity contribution >= 4 is 34.2 Å². The number of esters is 1. The third-order valence-electron chi connectivity index (χ3n) is 6.55. The molecule has 2 heterocycles. The Morgan fingerprint density at radius 3 is 2.53 bits per heavy atom. The molecule has 182 valence electrons. The fraction of sp³-hybridized carbons (Fsp3) is 0.233. The molecule has 0 spiro atoms. The minimum absolute atomic E-state index is 0.168. The van der Waals surface area contributed by atoms with Gasteiger partial charge < -0.3 is 4.74 Å². The molecule has 0 aliphatic carbocycles. The first-order chi connectivity index (χ1) is 17.4. The van der Waals surface area contributed by atoms with Gasteiger partial charge in [0, 0.05) is 0 Å². The van der Waals surface area contributed by atoms with Gasteiger partial charge in [-0.1, -0.05) is 91.9 Å². The normalized spacial score (nSPS) is 15.8. The number of carbonyl (C=O) groups is 1. The number of nitrogens with zero attached hydrogens (tertiary/aromatic N) is 2. The fourth-order valence-corrected chi connectivity index (χ4v) is 5.73. The number of fused-ring (bicyclic) bond motifs is 2. The number of carbonyl (C=O) groups excluding carboxylic acids is 1. The van der Waals surface area contributed by atoms with E-state index in [0.29, 0.717) is 26.5 Å². The van der Waals surface area contributed by atoms with E-state index in [1.165, 1.54) is 16.9 Å². The zero-order chi connectivity index (χ0) is 25.4. The van der Waals surface area contributed by atoms with E-state index >= 15 is 0 Å². The van der Waals surface area contributed by atoms with E-state index in [0.717, 1.165) is 21.9 Å². The van der Waals surface area contributed by atoms with Gasteiger partial charge in [0.05, 0.1) is 28.5 Å². The molecule has 0 N–H and O–H groups in total. The summed E-state index contributed by atoms with van der Waals surface area (Å²) in [5.74, 6) is -0.0661. The van der Waals surface area contributed by atoms with Crippen LogP contribution in [0.25, 0.3) is 16.8 Å². The number of rotatable bonds is 5. The van der Waals surface area contributed by atoms with E-state index in [1.54, 1.807) is 11.5 Å². The molecule has 4 aromatic rings. The van der Waals surface area contributed by atoms with Gasteiger partial charge >= 0.3 is 5.97 Å². The van der Waals surface area contributed by atoms with Crippen molar-refractivity contribution in [2.75, 3.05) is 6.61 Å². The second-order valence-corrected chi connectivity index (χ2v) is 10.2. The van der Waals surface area contributed by atoms with Crippen LogP contribution in [0.4, 0.5) is 0 Å². The summed E-state index contributed by atoms with van der Waals surface area (Å²) in [5.41, 5.74) is 3.83. The van der Waals surface area contributed by atoms with Crippen molar-refractivity contribution in [1.29, 1.82) is 0 Å². The summed E-state index contributed by atoms with van der Waals surface area (Å²) in [6.45, 7) is 8.11. The number of hydrogen-bond donors (Lipinski definition) is 0. The van der Waals surface area contributed by atoms with Crippen molar-refractivity contribution in [3.05, 3.63) is 114 Å². The maximum atomic E-state index is 13.9. The van der Waals surface area contributed by atoms with Crippen LogP contribution in [-0.2, 0) is 9.53 Å². The summed E-state index contributed by atoms with van der Waals surface area (Å²) in [7, 11) is 0. The number of allylic oxidation sites excluding steroid dienone is 1. The van der Waals surface area contributed by atoms with E-state index < -0.39 is 12.0 Å². The molecule has 36 heavy (non-hydrogen) atoms. The van der Waals surface area contributed by atoms with Gasteiger partial charge in [-0.2, -0.15) is 0 Å². The Morgan fingerprint density at radius 2 is 1.81 bits per heavy atom. The highest BCUT2D eigenvalue weighted by Gasteiger charge is 2.33. The quantitative estimate of drug-likeness (QED) is 0.362. The van der Waals surface area contributed by atoms with Gasteiger partial charge in [-0.25, -0.2) is 9.79 Å². The summed E-state index contributed by atoms with van der Waals surface area (Å²) >= 11 is 1.34. The first-order valence-corrected chi connectivity index (χ1v) is 13.0. The average molecular weight is 497 g/mol. The molecule has 0 bridgehead atoms. The number of aromatic nitrogens is 1. The molecule has 0 radical (unpaired) electrons. The molecule has 5 rings (SSSR count). The topological polar surface area (TPSA) is 60.7 Å². The molecule has 0 unspecified atom stereocenters. The third kappa shape index (κ3) is 4.22. The van der Waals surface area contributed by atoms with Crippen LogP contribution >= 0.6 is 11.3 Å². The molecule has 1 aliphatic rings. The lowest BCUT2D eigenvalue weighted by molar-refractivity contribution is -0.139. The number of thiazole rings is 1. The van der Waals surface area contributed by atoms with Gasteiger partial charge in [0.25, 0.3) is 5.56 Å². The molecular weight excluding hydrogens is 468 g/mol. The smallest absolute Gasteiger partial charge is 0.338 e. The lowest BCUT2D eigenvalue weighted by Gasteiger charge is -2.25. The molecule has 1 aromatic heterocycles. The summed E-state index contributed by atoms with van der Waals surface area (Å²) in [6, 6.07) is 21.7. The predicted molar refractivity (Wildman–Crippen MR) is 145 cm³/mol. The Labute approximate surface area is 213 Å². The van der Waals surface area contributed by atoms with Gasteiger partial charge in [-0.05, 0) is 53.3 Å². The fourth-order valence-electron chi connectivity index (χ4n) is 4.69. The minimum Gasteiger partial charge on any atom is -0.463 e. The van der Waals surface area contributed by atoms with Crippen molar-refractivity contribution in [3.8, 4) is 0 Å². The third-order valence-corrected chi connectivity index (χ3v) is 7.53. The summed E-state index contributed by atoms with van der Waals surface area (Å²) in [5, 5.41) is 2.19. The van der Waals surface area contributed by atoms with Gasteiger partial charge in [0.1, 0.15) is 0 Å². The molecule has 1 atom stereocenters. The molecular formula is C30H28N2O3S. The Balaban J connectivity index is 1.73. The summed E-state index contributed by atoms with van der Waals surface area (Å²) in [4.78, 5) is 32.2. The largest absolute Gasteiger partial charge is 0.463 e. The van der Waals surface area contributed by atoms with E-state index in [4.69, 9.17) is 4.74 Å². The van der Waals surface area contributed by atoms with Crippen molar-refractivity contribution in [2.24, 2.45) is 4.99 Å². The lowest BCUT2D eigenvalue weighted by Crippen LogP contribution is -2.39.